The van der Waals surface area contributed by atoms with Gasteiger partial charge in [-0.2, -0.15) is 0 Å². The van der Waals surface area contributed by atoms with Gasteiger partial charge in [0.1, 0.15) is 11.5 Å². The lowest BCUT2D eigenvalue weighted by atomic mass is 10.0. The summed E-state index contributed by atoms with van der Waals surface area (Å²) in [6, 6.07) is 13.8. The highest BCUT2D eigenvalue weighted by Crippen LogP contribution is 2.28. The van der Waals surface area contributed by atoms with E-state index in [2.05, 4.69) is 0 Å². The molecule has 0 aromatic heterocycles. The Morgan fingerprint density at radius 2 is 1.35 bits per heavy atom. The number of rotatable bonds is 6. The highest BCUT2D eigenvalue weighted by molar-refractivity contribution is 6.18. The second-order valence-electron chi connectivity index (χ2n) is 4.34. The van der Waals surface area contributed by atoms with Crippen LogP contribution in [0.15, 0.2) is 48.5 Å². The van der Waals surface area contributed by atoms with E-state index in [1.165, 1.54) is 0 Å². The molecular formula is C15H18O4Si. The van der Waals surface area contributed by atoms with Gasteiger partial charge in [-0.1, -0.05) is 24.3 Å². The fourth-order valence-corrected chi connectivity index (χ4v) is 2.67. The van der Waals surface area contributed by atoms with Crippen LogP contribution in [0.5, 0.6) is 11.5 Å². The van der Waals surface area contributed by atoms with Crippen LogP contribution >= 0.6 is 0 Å². The van der Waals surface area contributed by atoms with Crippen LogP contribution < -0.4 is 0 Å². The molecule has 0 aliphatic carbocycles. The predicted molar refractivity (Wildman–Crippen MR) is 79.3 cm³/mol. The van der Waals surface area contributed by atoms with Crippen LogP contribution in [0.2, 0.25) is 0 Å². The van der Waals surface area contributed by atoms with E-state index in [0.717, 1.165) is 11.1 Å². The number of phenols is 2. The first-order valence-electron chi connectivity index (χ1n) is 6.48. The number of benzene rings is 2. The van der Waals surface area contributed by atoms with E-state index in [9.17, 15) is 10.2 Å². The topological polar surface area (TPSA) is 58.9 Å². The monoisotopic (exact) mass is 290 g/mol. The molecule has 2 rings (SSSR count). The highest BCUT2D eigenvalue weighted by Gasteiger charge is 2.14. The minimum Gasteiger partial charge on any atom is -0.508 e. The maximum Gasteiger partial charge on any atom is 0.305 e. The van der Waals surface area contributed by atoms with Gasteiger partial charge in [0.25, 0.3) is 0 Å². The highest BCUT2D eigenvalue weighted by atomic mass is 28.3. The zero-order valence-electron chi connectivity index (χ0n) is 11.3. The van der Waals surface area contributed by atoms with Gasteiger partial charge in [0.05, 0.1) is 6.10 Å². The first kappa shape index (κ1) is 14.6. The van der Waals surface area contributed by atoms with Gasteiger partial charge in [-0.05, 0) is 42.3 Å². The van der Waals surface area contributed by atoms with Gasteiger partial charge in [0.15, 0.2) is 0 Å². The summed E-state index contributed by atoms with van der Waals surface area (Å²) in [6.07, 6.45) is -0.241. The SMILES string of the molecule is CCO[SiH2]OC(c1ccc(O)cc1)c1ccc(O)cc1. The van der Waals surface area contributed by atoms with E-state index in [4.69, 9.17) is 8.85 Å². The third kappa shape index (κ3) is 3.83. The van der Waals surface area contributed by atoms with Crippen molar-refractivity contribution in [3.05, 3.63) is 59.7 Å². The van der Waals surface area contributed by atoms with E-state index in [1.54, 1.807) is 24.3 Å². The third-order valence-corrected chi connectivity index (χ3v) is 3.96. The average molecular weight is 290 g/mol. The van der Waals surface area contributed by atoms with Crippen LogP contribution in [0.25, 0.3) is 0 Å². The largest absolute Gasteiger partial charge is 0.508 e. The van der Waals surface area contributed by atoms with E-state index < -0.39 is 10.0 Å². The van der Waals surface area contributed by atoms with Crippen LogP contribution in [0.4, 0.5) is 0 Å². The van der Waals surface area contributed by atoms with Crippen LogP contribution in [0, 0.1) is 0 Å². The van der Waals surface area contributed by atoms with Gasteiger partial charge in [-0.15, -0.1) is 0 Å². The summed E-state index contributed by atoms with van der Waals surface area (Å²) >= 11 is 0. The first-order chi connectivity index (χ1) is 9.70. The molecule has 0 bridgehead atoms. The Hall–Kier alpha value is -1.82. The van der Waals surface area contributed by atoms with Crippen molar-refractivity contribution in [3.8, 4) is 11.5 Å². The van der Waals surface area contributed by atoms with Crippen LogP contribution in [0.3, 0.4) is 0 Å². The Labute approximate surface area is 120 Å². The second-order valence-corrected chi connectivity index (χ2v) is 5.32. The molecule has 4 nitrogen and oxygen atoms in total. The lowest BCUT2D eigenvalue weighted by Crippen LogP contribution is -2.12. The normalized spacial score (nSPS) is 11.5. The standard InChI is InChI=1S/C15H18O4Si/c1-2-18-20-19-15(11-3-7-13(16)8-4-11)12-5-9-14(17)10-6-12/h3-10,15-17H,2,20H2,1H3. The first-order valence-corrected chi connectivity index (χ1v) is 7.63. The molecule has 2 aromatic rings. The molecule has 0 unspecified atom stereocenters. The van der Waals surface area contributed by atoms with Crippen LogP contribution in [-0.2, 0) is 8.85 Å². The fraction of sp³-hybridized carbons (Fsp3) is 0.200. The van der Waals surface area contributed by atoms with Crippen molar-refractivity contribution in [2.24, 2.45) is 0 Å². The molecule has 0 heterocycles. The van der Waals surface area contributed by atoms with Gasteiger partial charge in [0.2, 0.25) is 0 Å². The molecular weight excluding hydrogens is 272 g/mol. The molecule has 0 aliphatic rings. The smallest absolute Gasteiger partial charge is 0.305 e. The molecule has 0 saturated heterocycles. The van der Waals surface area contributed by atoms with Crippen molar-refractivity contribution in [2.75, 3.05) is 6.61 Å². The molecule has 20 heavy (non-hydrogen) atoms. The zero-order chi connectivity index (χ0) is 14.4. The van der Waals surface area contributed by atoms with E-state index in [1.807, 2.05) is 31.2 Å². The Bertz CT molecular complexity index is 479. The quantitative estimate of drug-likeness (QED) is 0.633. The Morgan fingerprint density at radius 1 is 0.900 bits per heavy atom. The van der Waals surface area contributed by atoms with Gasteiger partial charge < -0.3 is 19.1 Å². The minimum absolute atomic E-state index is 0.222. The number of hydrogen-bond acceptors (Lipinski definition) is 4. The Kier molecular flexibility index (Phi) is 5.17. The maximum absolute atomic E-state index is 9.37. The third-order valence-electron chi connectivity index (χ3n) is 2.91. The zero-order valence-corrected chi connectivity index (χ0v) is 12.7. The van der Waals surface area contributed by atoms with Crippen LogP contribution in [-0.4, -0.2) is 26.8 Å². The summed E-state index contributed by atoms with van der Waals surface area (Å²) in [5, 5.41) is 18.7. The van der Waals surface area contributed by atoms with E-state index >= 15 is 0 Å². The summed E-state index contributed by atoms with van der Waals surface area (Å²) in [5.74, 6) is 0.445. The van der Waals surface area contributed by atoms with Crippen LogP contribution in [0.1, 0.15) is 24.2 Å². The Balaban J connectivity index is 2.23. The van der Waals surface area contributed by atoms with E-state index in [-0.39, 0.29) is 17.6 Å². The van der Waals surface area contributed by atoms with Gasteiger partial charge in [-0.25, -0.2) is 0 Å². The number of aromatic hydroxyl groups is 2. The molecule has 0 radical (unpaired) electrons. The van der Waals surface area contributed by atoms with Crippen molar-refractivity contribution in [1.29, 1.82) is 0 Å². The van der Waals surface area contributed by atoms with Gasteiger partial charge in [0, 0.05) is 6.61 Å². The van der Waals surface area contributed by atoms with Crippen molar-refractivity contribution in [2.45, 2.75) is 13.0 Å². The number of phenolic OH excluding ortho intramolecular Hbond substituents is 2. The molecule has 0 spiro atoms. The molecule has 5 heteroatoms. The minimum atomic E-state index is -1.07. The van der Waals surface area contributed by atoms with Crippen molar-refractivity contribution in [1.82, 2.24) is 0 Å². The molecule has 0 saturated carbocycles. The van der Waals surface area contributed by atoms with Crippen molar-refractivity contribution >= 4 is 10.0 Å². The maximum atomic E-state index is 9.37. The summed E-state index contributed by atoms with van der Waals surface area (Å²) in [5.41, 5.74) is 1.89. The molecule has 0 aliphatic heterocycles. The summed E-state index contributed by atoms with van der Waals surface area (Å²) in [4.78, 5) is 0. The molecule has 2 aromatic carbocycles. The van der Waals surface area contributed by atoms with E-state index in [0.29, 0.717) is 6.61 Å². The van der Waals surface area contributed by atoms with Crippen molar-refractivity contribution < 1.29 is 19.1 Å². The molecule has 0 amide bonds. The molecule has 2 N–H and O–H groups in total. The Morgan fingerprint density at radius 3 is 1.75 bits per heavy atom. The summed E-state index contributed by atoms with van der Waals surface area (Å²) in [6.45, 7) is 2.58. The lowest BCUT2D eigenvalue weighted by Gasteiger charge is -2.19. The lowest BCUT2D eigenvalue weighted by molar-refractivity contribution is 0.188. The average Bonchev–Trinajstić information content (AvgIpc) is 2.46. The predicted octanol–water partition coefficient (Wildman–Crippen LogP) is 2.24. The van der Waals surface area contributed by atoms with Gasteiger partial charge >= 0.3 is 10.0 Å². The molecule has 106 valence electrons. The molecule has 0 fully saturated rings. The summed E-state index contributed by atoms with van der Waals surface area (Å²) < 4.78 is 11.3. The fourth-order valence-electron chi connectivity index (χ4n) is 1.88. The number of hydrogen-bond donors (Lipinski definition) is 2. The summed E-state index contributed by atoms with van der Waals surface area (Å²) in [7, 11) is -1.07. The van der Waals surface area contributed by atoms with Gasteiger partial charge in [-0.3, -0.25) is 0 Å². The molecule has 0 atom stereocenters. The second kappa shape index (κ2) is 7.09. The van der Waals surface area contributed by atoms with Crippen molar-refractivity contribution in [3.63, 3.8) is 0 Å².